The van der Waals surface area contributed by atoms with Gasteiger partial charge in [0.25, 0.3) is 0 Å². The van der Waals surface area contributed by atoms with Crippen LogP contribution in [0.4, 0.5) is 11.4 Å². The van der Waals surface area contributed by atoms with Gasteiger partial charge in [-0.25, -0.2) is 0 Å². The summed E-state index contributed by atoms with van der Waals surface area (Å²) in [5, 5.41) is 0. The van der Waals surface area contributed by atoms with Crippen LogP contribution in [-0.4, -0.2) is 0 Å². The third-order valence-corrected chi connectivity index (χ3v) is 12.6. The molecule has 2 heteroatoms. The van der Waals surface area contributed by atoms with Crippen LogP contribution in [0, 0.1) is 25.7 Å². The van der Waals surface area contributed by atoms with Crippen molar-refractivity contribution in [1.29, 1.82) is 0 Å². The molecule has 52 heavy (non-hydrogen) atoms. The monoisotopic (exact) mass is 699 g/mol. The molecule has 1 aliphatic rings. The van der Waals surface area contributed by atoms with Gasteiger partial charge in [0.15, 0.2) is 0 Å². The minimum Gasteiger partial charge on any atom is -0.399 e. The van der Waals surface area contributed by atoms with Gasteiger partial charge < -0.3 is 11.5 Å². The van der Waals surface area contributed by atoms with Crippen molar-refractivity contribution in [2.75, 3.05) is 11.5 Å². The van der Waals surface area contributed by atoms with Gasteiger partial charge in [0, 0.05) is 29.1 Å². The summed E-state index contributed by atoms with van der Waals surface area (Å²) in [5.41, 5.74) is 25.3. The molecule has 2 nitrogen and oxygen atoms in total. The molecule has 1 fully saturated rings. The molecule has 0 aliphatic heterocycles. The number of benzene rings is 4. The Labute approximate surface area is 318 Å². The third-order valence-electron chi connectivity index (χ3n) is 12.6. The summed E-state index contributed by atoms with van der Waals surface area (Å²) < 4.78 is 0. The minimum atomic E-state index is 0.397. The highest BCUT2D eigenvalue weighted by Gasteiger charge is 2.26. The molecule has 4 aromatic rings. The molecule has 0 spiro atoms. The van der Waals surface area contributed by atoms with Gasteiger partial charge in [0.05, 0.1) is 0 Å². The van der Waals surface area contributed by atoms with Gasteiger partial charge in [-0.15, -0.1) is 0 Å². The van der Waals surface area contributed by atoms with E-state index >= 15 is 0 Å². The standard InChI is InChI=1S/C50H70N2/c1-6-9-15-39(38-16-13-12-14-17-38)28-31-48(40-20-24-42(25-21-40)49(18-10-7-2)46-32-29-44(51)34-36(46)4)41-22-26-43(27-23-41)50(19-11-8-3)47-33-30-45(52)35-37(47)5/h20-27,29-30,32-35,38-39,48-50H,6-19,28,31,51-52H2,1-5H3. The fraction of sp³-hybridized carbons (Fsp3) is 0.520. The second kappa shape index (κ2) is 20.1. The molecule has 280 valence electrons. The molecule has 0 heterocycles. The largest absolute Gasteiger partial charge is 0.399 e. The van der Waals surface area contributed by atoms with E-state index in [1.807, 2.05) is 0 Å². The van der Waals surface area contributed by atoms with Crippen molar-refractivity contribution in [1.82, 2.24) is 0 Å². The number of unbranched alkanes of at least 4 members (excludes halogenated alkanes) is 3. The summed E-state index contributed by atoms with van der Waals surface area (Å²) in [6.45, 7) is 11.4. The Bertz CT molecular complexity index is 1520. The lowest BCUT2D eigenvalue weighted by atomic mass is 9.74. The van der Waals surface area contributed by atoms with Crippen molar-refractivity contribution in [2.24, 2.45) is 11.8 Å². The maximum Gasteiger partial charge on any atom is 0.0316 e. The highest BCUT2D eigenvalue weighted by atomic mass is 14.5. The van der Waals surface area contributed by atoms with Gasteiger partial charge in [-0.05, 0) is 120 Å². The van der Waals surface area contributed by atoms with Gasteiger partial charge in [0.2, 0.25) is 0 Å². The number of hydrogen-bond donors (Lipinski definition) is 2. The Morgan fingerprint density at radius 1 is 0.481 bits per heavy atom. The first-order valence-corrected chi connectivity index (χ1v) is 21.2. The first-order valence-electron chi connectivity index (χ1n) is 21.2. The molecule has 3 atom stereocenters. The van der Waals surface area contributed by atoms with Crippen LogP contribution in [0.5, 0.6) is 0 Å². The van der Waals surface area contributed by atoms with E-state index in [4.69, 9.17) is 11.5 Å². The lowest BCUT2D eigenvalue weighted by molar-refractivity contribution is 0.215. The van der Waals surface area contributed by atoms with Gasteiger partial charge in [0.1, 0.15) is 0 Å². The smallest absolute Gasteiger partial charge is 0.0316 e. The summed E-state index contributed by atoms with van der Waals surface area (Å²) in [5.74, 6) is 2.95. The molecular weight excluding hydrogens is 629 g/mol. The summed E-state index contributed by atoms with van der Waals surface area (Å²) in [4.78, 5) is 0. The highest BCUT2D eigenvalue weighted by molar-refractivity contribution is 5.50. The molecule has 0 amide bonds. The zero-order valence-electron chi connectivity index (χ0n) is 33.4. The Morgan fingerprint density at radius 2 is 0.885 bits per heavy atom. The van der Waals surface area contributed by atoms with Crippen molar-refractivity contribution in [3.63, 3.8) is 0 Å². The number of nitrogens with two attached hydrogens (primary N) is 2. The first kappa shape index (κ1) is 39.7. The third kappa shape index (κ3) is 10.5. The highest BCUT2D eigenvalue weighted by Crippen LogP contribution is 2.41. The minimum absolute atomic E-state index is 0.397. The quantitative estimate of drug-likeness (QED) is 0.0958. The van der Waals surface area contributed by atoms with E-state index in [0.717, 1.165) is 23.2 Å². The summed E-state index contributed by atoms with van der Waals surface area (Å²) in [7, 11) is 0. The summed E-state index contributed by atoms with van der Waals surface area (Å²) in [6.07, 6.45) is 21.0. The molecule has 0 aromatic heterocycles. The van der Waals surface area contributed by atoms with Crippen LogP contribution < -0.4 is 11.5 Å². The van der Waals surface area contributed by atoms with Crippen molar-refractivity contribution < 1.29 is 0 Å². The molecule has 4 N–H and O–H groups in total. The zero-order chi connectivity index (χ0) is 36.9. The van der Waals surface area contributed by atoms with Crippen molar-refractivity contribution in [3.05, 3.63) is 129 Å². The number of aryl methyl sites for hydroxylation is 2. The van der Waals surface area contributed by atoms with Crippen LogP contribution in [0.1, 0.15) is 186 Å². The van der Waals surface area contributed by atoms with E-state index in [-0.39, 0.29) is 0 Å². The van der Waals surface area contributed by atoms with Crippen LogP contribution in [0.3, 0.4) is 0 Å². The van der Waals surface area contributed by atoms with Crippen molar-refractivity contribution in [2.45, 2.75) is 155 Å². The van der Waals surface area contributed by atoms with Crippen LogP contribution in [0.25, 0.3) is 0 Å². The van der Waals surface area contributed by atoms with Gasteiger partial charge in [-0.2, -0.15) is 0 Å². The lowest BCUT2D eigenvalue weighted by Gasteiger charge is -2.32. The molecule has 1 aliphatic carbocycles. The van der Waals surface area contributed by atoms with E-state index in [2.05, 4.69) is 120 Å². The number of hydrogen-bond acceptors (Lipinski definition) is 2. The van der Waals surface area contributed by atoms with Gasteiger partial charge in [-0.1, -0.05) is 158 Å². The van der Waals surface area contributed by atoms with Crippen LogP contribution >= 0.6 is 0 Å². The molecule has 5 rings (SSSR count). The normalized spacial score (nSPS) is 16.0. The van der Waals surface area contributed by atoms with Crippen LogP contribution in [0.2, 0.25) is 0 Å². The van der Waals surface area contributed by atoms with E-state index in [9.17, 15) is 0 Å². The fourth-order valence-corrected chi connectivity index (χ4v) is 9.52. The van der Waals surface area contributed by atoms with E-state index in [1.54, 1.807) is 0 Å². The first-order chi connectivity index (χ1) is 25.3. The lowest BCUT2D eigenvalue weighted by Crippen LogP contribution is -2.19. The van der Waals surface area contributed by atoms with Gasteiger partial charge >= 0.3 is 0 Å². The summed E-state index contributed by atoms with van der Waals surface area (Å²) >= 11 is 0. The number of anilines is 2. The summed E-state index contributed by atoms with van der Waals surface area (Å²) in [6, 6.07) is 32.7. The maximum absolute atomic E-state index is 6.18. The van der Waals surface area contributed by atoms with Crippen LogP contribution in [-0.2, 0) is 0 Å². The predicted octanol–water partition coefficient (Wildman–Crippen LogP) is 14.4. The number of rotatable bonds is 19. The van der Waals surface area contributed by atoms with E-state index in [0.29, 0.717) is 17.8 Å². The SMILES string of the molecule is CCCCC(c1ccc(C(CCC(CCCC)C2CCCCC2)c2ccc(C(CCCC)c3ccc(N)cc3C)cc2)cc1)c1ccc(N)cc1C. The number of nitrogen functional groups attached to an aromatic ring is 2. The van der Waals surface area contributed by atoms with Gasteiger partial charge in [-0.3, -0.25) is 0 Å². The zero-order valence-corrected chi connectivity index (χ0v) is 33.4. The second-order valence-electron chi connectivity index (χ2n) is 16.4. The predicted molar refractivity (Wildman–Crippen MR) is 227 cm³/mol. The van der Waals surface area contributed by atoms with Crippen molar-refractivity contribution >= 4 is 11.4 Å². The maximum atomic E-state index is 6.18. The molecule has 3 unspecified atom stereocenters. The van der Waals surface area contributed by atoms with E-state index in [1.165, 1.54) is 147 Å². The average molecular weight is 699 g/mol. The molecule has 0 radical (unpaired) electrons. The molecule has 0 bridgehead atoms. The molecule has 1 saturated carbocycles. The van der Waals surface area contributed by atoms with Crippen LogP contribution in [0.15, 0.2) is 84.9 Å². The average Bonchev–Trinajstić information content (AvgIpc) is 3.16. The topological polar surface area (TPSA) is 52.0 Å². The fourth-order valence-electron chi connectivity index (χ4n) is 9.52. The molecule has 0 saturated heterocycles. The second-order valence-corrected chi connectivity index (χ2v) is 16.4. The van der Waals surface area contributed by atoms with E-state index < -0.39 is 0 Å². The Balaban J connectivity index is 1.48. The Kier molecular flexibility index (Phi) is 15.3. The molecule has 4 aromatic carbocycles. The van der Waals surface area contributed by atoms with Crippen molar-refractivity contribution in [3.8, 4) is 0 Å². The molecular formula is C50H70N2. The Hall–Kier alpha value is -3.52. The Morgan fingerprint density at radius 3 is 1.29 bits per heavy atom.